The van der Waals surface area contributed by atoms with Gasteiger partial charge < -0.3 is 20.3 Å². The first-order valence-electron chi connectivity index (χ1n) is 11.8. The Kier molecular flexibility index (Phi) is 8.00. The largest absolute Gasteiger partial charge is 0.493 e. The highest BCUT2D eigenvalue weighted by Crippen LogP contribution is 2.30. The molecule has 3 fully saturated rings. The van der Waals surface area contributed by atoms with Crippen LogP contribution in [0.3, 0.4) is 0 Å². The van der Waals surface area contributed by atoms with Crippen LogP contribution in [0.2, 0.25) is 0 Å². The molecule has 1 heterocycles. The molecule has 1 saturated heterocycles. The third-order valence-corrected chi connectivity index (χ3v) is 7.50. The van der Waals surface area contributed by atoms with Gasteiger partial charge in [0.25, 0.3) is 0 Å². The third-order valence-electron chi connectivity index (χ3n) is 6.55. The lowest BCUT2D eigenvalue weighted by atomic mass is 9.85. The Morgan fingerprint density at radius 1 is 1.13 bits per heavy atom. The van der Waals surface area contributed by atoms with Gasteiger partial charge in [-0.1, -0.05) is 18.2 Å². The predicted octanol–water partition coefficient (Wildman–Crippen LogP) is 3.27. The standard InChI is InChI=1S/C24H36N4O2S/c1-25-24(26-16-20-4-2-3-5-22(20)30-17-18-6-7-18)27-21-10-8-19(9-11-21)23(29)28-12-14-31-15-13-28/h2-5,18-19,21H,6-17H2,1H3,(H2,25,26,27). The van der Waals surface area contributed by atoms with E-state index in [1.165, 1.54) is 12.8 Å². The van der Waals surface area contributed by atoms with Crippen LogP contribution in [0.1, 0.15) is 44.1 Å². The molecule has 0 bridgehead atoms. The van der Waals surface area contributed by atoms with E-state index in [1.807, 2.05) is 24.9 Å². The molecule has 0 spiro atoms. The van der Waals surface area contributed by atoms with Gasteiger partial charge in [0, 0.05) is 55.7 Å². The number of thioether (sulfide) groups is 1. The maximum Gasteiger partial charge on any atom is 0.225 e. The second-order valence-corrected chi connectivity index (χ2v) is 10.1. The van der Waals surface area contributed by atoms with Gasteiger partial charge in [-0.3, -0.25) is 9.79 Å². The lowest BCUT2D eigenvalue weighted by Gasteiger charge is -2.34. The second-order valence-electron chi connectivity index (χ2n) is 8.92. The van der Waals surface area contributed by atoms with E-state index in [-0.39, 0.29) is 5.92 Å². The first-order chi connectivity index (χ1) is 15.2. The minimum Gasteiger partial charge on any atom is -0.493 e. The molecule has 0 unspecified atom stereocenters. The average molecular weight is 445 g/mol. The molecule has 3 aliphatic rings. The number of carbonyl (C=O) groups excluding carboxylic acids is 1. The van der Waals surface area contributed by atoms with E-state index in [2.05, 4.69) is 38.7 Å². The summed E-state index contributed by atoms with van der Waals surface area (Å²) in [5, 5.41) is 7.01. The number of hydrogen-bond donors (Lipinski definition) is 2. The summed E-state index contributed by atoms with van der Waals surface area (Å²) in [5.74, 6) is 5.27. The molecule has 0 radical (unpaired) electrons. The van der Waals surface area contributed by atoms with Crippen LogP contribution in [0.4, 0.5) is 0 Å². The van der Waals surface area contributed by atoms with Crippen LogP contribution in [-0.4, -0.2) is 61.1 Å². The van der Waals surface area contributed by atoms with Crippen LogP contribution in [0.5, 0.6) is 5.75 Å². The van der Waals surface area contributed by atoms with Gasteiger partial charge in [-0.25, -0.2) is 0 Å². The fourth-order valence-corrected chi connectivity index (χ4v) is 5.28. The maximum atomic E-state index is 12.8. The van der Waals surface area contributed by atoms with Crippen molar-refractivity contribution >= 4 is 23.6 Å². The summed E-state index contributed by atoms with van der Waals surface area (Å²) >= 11 is 1.95. The van der Waals surface area contributed by atoms with Crippen LogP contribution in [0.15, 0.2) is 29.3 Å². The highest BCUT2D eigenvalue weighted by molar-refractivity contribution is 7.99. The van der Waals surface area contributed by atoms with Crippen molar-refractivity contribution in [2.24, 2.45) is 16.8 Å². The van der Waals surface area contributed by atoms with Crippen molar-refractivity contribution in [3.63, 3.8) is 0 Å². The van der Waals surface area contributed by atoms with Gasteiger partial charge in [0.2, 0.25) is 5.91 Å². The number of nitrogens with zero attached hydrogens (tertiary/aromatic N) is 2. The van der Waals surface area contributed by atoms with Gasteiger partial charge >= 0.3 is 0 Å². The summed E-state index contributed by atoms with van der Waals surface area (Å²) in [7, 11) is 1.81. The quantitative estimate of drug-likeness (QED) is 0.499. The Hall–Kier alpha value is -1.89. The first kappa shape index (κ1) is 22.3. The fourth-order valence-electron chi connectivity index (χ4n) is 4.38. The molecule has 0 aromatic heterocycles. The van der Waals surface area contributed by atoms with Crippen LogP contribution < -0.4 is 15.4 Å². The maximum absolute atomic E-state index is 12.8. The van der Waals surface area contributed by atoms with E-state index >= 15 is 0 Å². The minimum atomic E-state index is 0.201. The van der Waals surface area contributed by atoms with Crippen molar-refractivity contribution in [2.45, 2.75) is 51.1 Å². The molecule has 0 atom stereocenters. The number of benzene rings is 1. The number of carbonyl (C=O) groups is 1. The Morgan fingerprint density at radius 2 is 1.87 bits per heavy atom. The van der Waals surface area contributed by atoms with Gasteiger partial charge in [0.15, 0.2) is 5.96 Å². The minimum absolute atomic E-state index is 0.201. The number of para-hydroxylation sites is 1. The number of ether oxygens (including phenoxy) is 1. The molecule has 4 rings (SSSR count). The second kappa shape index (κ2) is 11.1. The van der Waals surface area contributed by atoms with Crippen LogP contribution in [-0.2, 0) is 11.3 Å². The Bertz CT molecular complexity index is 754. The van der Waals surface area contributed by atoms with E-state index in [4.69, 9.17) is 4.74 Å². The Labute approximate surface area is 190 Å². The molecule has 1 aromatic carbocycles. The molecule has 31 heavy (non-hydrogen) atoms. The van der Waals surface area contributed by atoms with Gasteiger partial charge in [0.1, 0.15) is 5.75 Å². The summed E-state index contributed by atoms with van der Waals surface area (Å²) in [6.45, 7) is 3.34. The van der Waals surface area contributed by atoms with Crippen LogP contribution in [0, 0.1) is 11.8 Å². The Morgan fingerprint density at radius 3 is 2.58 bits per heavy atom. The molecule has 2 aliphatic carbocycles. The van der Waals surface area contributed by atoms with Crippen molar-refractivity contribution in [3.8, 4) is 5.75 Å². The zero-order chi connectivity index (χ0) is 21.5. The molecule has 2 saturated carbocycles. The third kappa shape index (κ3) is 6.55. The van der Waals surface area contributed by atoms with Gasteiger partial charge in [-0.2, -0.15) is 11.8 Å². The molecule has 1 aromatic rings. The summed E-state index contributed by atoms with van der Waals surface area (Å²) in [6, 6.07) is 8.61. The molecule has 7 heteroatoms. The average Bonchev–Trinajstić information content (AvgIpc) is 3.66. The normalized spacial score (nSPS) is 24.5. The lowest BCUT2D eigenvalue weighted by Crippen LogP contribution is -2.47. The molecule has 1 aliphatic heterocycles. The summed E-state index contributed by atoms with van der Waals surface area (Å²) in [5.41, 5.74) is 1.15. The van der Waals surface area contributed by atoms with E-state index < -0.39 is 0 Å². The van der Waals surface area contributed by atoms with E-state index in [9.17, 15) is 4.79 Å². The van der Waals surface area contributed by atoms with Crippen LogP contribution in [0.25, 0.3) is 0 Å². The molecule has 1 amide bonds. The predicted molar refractivity (Wildman–Crippen MR) is 128 cm³/mol. The monoisotopic (exact) mass is 444 g/mol. The number of guanidine groups is 1. The molecule has 170 valence electrons. The van der Waals surface area contributed by atoms with Gasteiger partial charge in [-0.15, -0.1) is 0 Å². The van der Waals surface area contributed by atoms with Crippen molar-refractivity contribution in [2.75, 3.05) is 38.2 Å². The van der Waals surface area contributed by atoms with E-state index in [0.29, 0.717) is 18.5 Å². The molecular weight excluding hydrogens is 408 g/mol. The summed E-state index contributed by atoms with van der Waals surface area (Å²) in [4.78, 5) is 19.3. The summed E-state index contributed by atoms with van der Waals surface area (Å²) in [6.07, 6.45) is 6.55. The highest BCUT2D eigenvalue weighted by atomic mass is 32.2. The Balaban J connectivity index is 1.22. The van der Waals surface area contributed by atoms with Crippen molar-refractivity contribution in [3.05, 3.63) is 29.8 Å². The first-order valence-corrected chi connectivity index (χ1v) is 12.9. The highest BCUT2D eigenvalue weighted by Gasteiger charge is 2.30. The van der Waals surface area contributed by atoms with E-state index in [0.717, 1.165) is 80.1 Å². The molecule has 6 nitrogen and oxygen atoms in total. The van der Waals surface area contributed by atoms with Crippen molar-refractivity contribution in [1.29, 1.82) is 0 Å². The number of nitrogens with one attached hydrogen (secondary N) is 2. The van der Waals surface area contributed by atoms with E-state index in [1.54, 1.807) is 0 Å². The van der Waals surface area contributed by atoms with Gasteiger partial charge in [0.05, 0.1) is 6.61 Å². The number of amides is 1. The zero-order valence-electron chi connectivity index (χ0n) is 18.6. The smallest absolute Gasteiger partial charge is 0.225 e. The van der Waals surface area contributed by atoms with Crippen molar-refractivity contribution < 1.29 is 9.53 Å². The zero-order valence-corrected chi connectivity index (χ0v) is 19.5. The molecule has 2 N–H and O–H groups in total. The van der Waals surface area contributed by atoms with Crippen LogP contribution >= 0.6 is 11.8 Å². The summed E-state index contributed by atoms with van der Waals surface area (Å²) < 4.78 is 6.02. The lowest BCUT2D eigenvalue weighted by molar-refractivity contribution is -0.136. The fraction of sp³-hybridized carbons (Fsp3) is 0.667. The number of rotatable bonds is 7. The number of aliphatic imine (C=N–C) groups is 1. The van der Waals surface area contributed by atoms with Gasteiger partial charge in [-0.05, 0) is 50.5 Å². The SMILES string of the molecule is CN=C(NCc1ccccc1OCC1CC1)NC1CCC(C(=O)N2CCSCC2)CC1. The topological polar surface area (TPSA) is 66.0 Å². The molecular formula is C24H36N4O2S. The van der Waals surface area contributed by atoms with Crippen molar-refractivity contribution in [1.82, 2.24) is 15.5 Å². The number of hydrogen-bond acceptors (Lipinski definition) is 4.